The molecule has 0 radical (unpaired) electrons. The van der Waals surface area contributed by atoms with Crippen molar-refractivity contribution in [2.24, 2.45) is 5.10 Å². The topological polar surface area (TPSA) is 82.9 Å². The number of carboxylic acids is 1. The molecule has 1 aromatic heterocycles. The number of amides is 1. The van der Waals surface area contributed by atoms with Crippen LogP contribution >= 0.6 is 27.5 Å². The number of benzene rings is 2. The number of aromatic nitrogens is 1. The van der Waals surface area contributed by atoms with Gasteiger partial charge in [0, 0.05) is 28.3 Å². The molecule has 2 heterocycles. The van der Waals surface area contributed by atoms with Crippen LogP contribution in [0.25, 0.3) is 10.9 Å². The number of aryl methyl sites for hydroxylation is 1. The van der Waals surface area contributed by atoms with Gasteiger partial charge in [0.15, 0.2) is 0 Å². The third-order valence-electron chi connectivity index (χ3n) is 5.21. The zero-order chi connectivity index (χ0) is 22.1. The molecule has 0 saturated carbocycles. The molecule has 0 aliphatic carbocycles. The van der Waals surface area contributed by atoms with E-state index in [0.29, 0.717) is 17.1 Å². The molecule has 1 aliphatic rings. The van der Waals surface area contributed by atoms with E-state index in [0.717, 1.165) is 32.2 Å². The number of fused-ring (bicyclic) bond motifs is 1. The summed E-state index contributed by atoms with van der Waals surface area (Å²) in [5.41, 5.74) is 4.18. The molecule has 6 nitrogen and oxygen atoms in total. The summed E-state index contributed by atoms with van der Waals surface area (Å²) < 4.78 is 0.942. The minimum absolute atomic E-state index is 0.138. The number of carbonyl (C=O) groups is 2. The zero-order valence-electron chi connectivity index (χ0n) is 16.7. The van der Waals surface area contributed by atoms with Gasteiger partial charge >= 0.3 is 5.97 Å². The highest BCUT2D eigenvalue weighted by molar-refractivity contribution is 9.10. The number of nitrogens with zero attached hydrogens (tertiary/aromatic N) is 3. The fraction of sp³-hybridized carbons (Fsp3) is 0.217. The second kappa shape index (κ2) is 8.77. The van der Waals surface area contributed by atoms with E-state index in [4.69, 9.17) is 16.7 Å². The third kappa shape index (κ3) is 4.62. The average Bonchev–Trinajstić information content (AvgIpc) is 3.17. The van der Waals surface area contributed by atoms with Gasteiger partial charge in [0.05, 0.1) is 23.7 Å². The Balaban J connectivity index is 1.74. The Kier molecular flexibility index (Phi) is 6.07. The normalized spacial score (nSPS) is 15.9. The maximum absolute atomic E-state index is 12.9. The Morgan fingerprint density at radius 3 is 2.61 bits per heavy atom. The minimum Gasteiger partial charge on any atom is -0.481 e. The Bertz CT molecular complexity index is 1210. The Labute approximate surface area is 192 Å². The smallest absolute Gasteiger partial charge is 0.303 e. The molecule has 1 atom stereocenters. The van der Waals surface area contributed by atoms with E-state index in [-0.39, 0.29) is 18.7 Å². The van der Waals surface area contributed by atoms with Gasteiger partial charge in [0.1, 0.15) is 5.15 Å². The van der Waals surface area contributed by atoms with Crippen molar-refractivity contribution in [1.82, 2.24) is 9.99 Å². The van der Waals surface area contributed by atoms with Crippen LogP contribution in [-0.4, -0.2) is 32.7 Å². The van der Waals surface area contributed by atoms with Crippen LogP contribution in [0.15, 0.2) is 58.1 Å². The third-order valence-corrected chi connectivity index (χ3v) is 6.04. The van der Waals surface area contributed by atoms with Crippen LogP contribution in [0.5, 0.6) is 0 Å². The van der Waals surface area contributed by atoms with Crippen molar-refractivity contribution in [2.45, 2.75) is 32.2 Å². The Morgan fingerprint density at radius 2 is 1.90 bits per heavy atom. The molecule has 4 rings (SSSR count). The van der Waals surface area contributed by atoms with Crippen LogP contribution in [0.3, 0.4) is 0 Å². The Morgan fingerprint density at radius 1 is 1.16 bits per heavy atom. The first kappa shape index (κ1) is 21.5. The summed E-state index contributed by atoms with van der Waals surface area (Å²) in [6.07, 6.45) is 0.0636. The number of hydrogen-bond donors (Lipinski definition) is 1. The van der Waals surface area contributed by atoms with Crippen molar-refractivity contribution < 1.29 is 14.7 Å². The summed E-state index contributed by atoms with van der Waals surface area (Å²) >= 11 is 9.97. The van der Waals surface area contributed by atoms with Crippen molar-refractivity contribution >= 4 is 56.0 Å². The predicted octanol–water partition coefficient (Wildman–Crippen LogP) is 5.50. The van der Waals surface area contributed by atoms with Crippen LogP contribution in [0.4, 0.5) is 0 Å². The van der Waals surface area contributed by atoms with Crippen LogP contribution in [0, 0.1) is 6.92 Å². The van der Waals surface area contributed by atoms with Crippen LogP contribution < -0.4 is 0 Å². The lowest BCUT2D eigenvalue weighted by atomic mass is 9.98. The second-order valence-corrected chi connectivity index (χ2v) is 8.74. The number of hydrazone groups is 1. The van der Waals surface area contributed by atoms with Gasteiger partial charge in [0.2, 0.25) is 5.91 Å². The monoisotopic (exact) mass is 499 g/mol. The van der Waals surface area contributed by atoms with Gasteiger partial charge in [-0.15, -0.1) is 0 Å². The number of pyridine rings is 1. The van der Waals surface area contributed by atoms with E-state index in [1.807, 2.05) is 55.5 Å². The van der Waals surface area contributed by atoms with Crippen molar-refractivity contribution in [2.75, 3.05) is 0 Å². The van der Waals surface area contributed by atoms with Crippen molar-refractivity contribution in [3.8, 4) is 0 Å². The number of hydrogen-bond acceptors (Lipinski definition) is 4. The summed E-state index contributed by atoms with van der Waals surface area (Å²) in [7, 11) is 0. The zero-order valence-corrected chi connectivity index (χ0v) is 19.0. The number of halogens is 2. The molecule has 0 saturated heterocycles. The molecule has 0 spiro atoms. The quantitative estimate of drug-likeness (QED) is 0.469. The summed E-state index contributed by atoms with van der Waals surface area (Å²) in [5, 5.41) is 16.1. The van der Waals surface area contributed by atoms with Crippen molar-refractivity contribution in [3.05, 3.63) is 74.8 Å². The molecule has 1 unspecified atom stereocenters. The molecular formula is C23H19BrClN3O3. The van der Waals surface area contributed by atoms with Crippen LogP contribution in [-0.2, 0) is 9.59 Å². The summed E-state index contributed by atoms with van der Waals surface area (Å²) in [6.45, 7) is 1.99. The maximum Gasteiger partial charge on any atom is 0.303 e. The van der Waals surface area contributed by atoms with E-state index in [1.165, 1.54) is 5.01 Å². The van der Waals surface area contributed by atoms with Gasteiger partial charge in [-0.1, -0.05) is 51.8 Å². The molecule has 2 aromatic carbocycles. The molecule has 8 heteroatoms. The number of rotatable bonds is 5. The predicted molar refractivity (Wildman–Crippen MR) is 123 cm³/mol. The van der Waals surface area contributed by atoms with Crippen LogP contribution in [0.1, 0.15) is 42.0 Å². The first-order valence-electron chi connectivity index (χ1n) is 9.76. The molecule has 1 amide bonds. The van der Waals surface area contributed by atoms with E-state index in [9.17, 15) is 9.59 Å². The highest BCUT2D eigenvalue weighted by Crippen LogP contribution is 2.37. The number of carboxylic acid groups (broad SMARTS) is 1. The summed E-state index contributed by atoms with van der Waals surface area (Å²) in [5.74, 6) is -1.39. The lowest BCUT2D eigenvalue weighted by molar-refractivity contribution is -0.141. The standard InChI is InChI=1S/C23H19BrClN3O3/c1-13-2-3-15-11-17(23(25)26-18(15)10-13)20-12-19(14-4-6-16(24)7-5-14)27-28(20)21(29)8-9-22(30)31/h2-7,10-11,20H,8-9,12H2,1H3,(H,30,31). The number of aliphatic carboxylic acids is 1. The highest BCUT2D eigenvalue weighted by atomic mass is 79.9. The SMILES string of the molecule is Cc1ccc2cc(C3CC(c4ccc(Br)cc4)=NN3C(=O)CCC(=O)O)c(Cl)nc2c1. The molecule has 0 fully saturated rings. The molecule has 1 N–H and O–H groups in total. The molecule has 31 heavy (non-hydrogen) atoms. The number of carbonyl (C=O) groups excluding carboxylic acids is 1. The lowest BCUT2D eigenvalue weighted by Crippen LogP contribution is -2.27. The molecule has 158 valence electrons. The van der Waals surface area contributed by atoms with Crippen molar-refractivity contribution in [3.63, 3.8) is 0 Å². The minimum atomic E-state index is -1.03. The maximum atomic E-state index is 12.9. The summed E-state index contributed by atoms with van der Waals surface area (Å²) in [6, 6.07) is 15.1. The van der Waals surface area contributed by atoms with E-state index >= 15 is 0 Å². The first-order valence-corrected chi connectivity index (χ1v) is 10.9. The van der Waals surface area contributed by atoms with Gasteiger partial charge in [-0.05, 0) is 42.3 Å². The molecule has 3 aromatic rings. The lowest BCUT2D eigenvalue weighted by Gasteiger charge is -2.23. The largest absolute Gasteiger partial charge is 0.481 e. The fourth-order valence-corrected chi connectivity index (χ4v) is 4.17. The van der Waals surface area contributed by atoms with Crippen LogP contribution in [0.2, 0.25) is 5.15 Å². The van der Waals surface area contributed by atoms with Gasteiger partial charge in [-0.2, -0.15) is 5.10 Å². The van der Waals surface area contributed by atoms with Gasteiger partial charge in [-0.25, -0.2) is 9.99 Å². The average molecular weight is 501 g/mol. The van der Waals surface area contributed by atoms with Crippen molar-refractivity contribution in [1.29, 1.82) is 0 Å². The fourth-order valence-electron chi connectivity index (χ4n) is 3.63. The van der Waals surface area contributed by atoms with Gasteiger partial charge in [0.25, 0.3) is 0 Å². The van der Waals surface area contributed by atoms with Gasteiger partial charge < -0.3 is 5.11 Å². The highest BCUT2D eigenvalue weighted by Gasteiger charge is 2.34. The molecule has 1 aliphatic heterocycles. The van der Waals surface area contributed by atoms with E-state index in [1.54, 1.807) is 0 Å². The Hall–Kier alpha value is -2.77. The molecular weight excluding hydrogens is 482 g/mol. The summed E-state index contributed by atoms with van der Waals surface area (Å²) in [4.78, 5) is 28.4. The molecule has 0 bridgehead atoms. The van der Waals surface area contributed by atoms with E-state index in [2.05, 4.69) is 26.0 Å². The van der Waals surface area contributed by atoms with Gasteiger partial charge in [-0.3, -0.25) is 9.59 Å². The second-order valence-electron chi connectivity index (χ2n) is 7.47. The first-order chi connectivity index (χ1) is 14.8. The van der Waals surface area contributed by atoms with E-state index < -0.39 is 12.0 Å².